The fourth-order valence-electron chi connectivity index (χ4n) is 2.73. The number of amides is 1. The Morgan fingerprint density at radius 3 is 2.68 bits per heavy atom. The highest BCUT2D eigenvalue weighted by molar-refractivity contribution is 7.79. The van der Waals surface area contributed by atoms with E-state index in [0.717, 1.165) is 0 Å². The highest BCUT2D eigenvalue weighted by Gasteiger charge is 2.21. The Morgan fingerprint density at radius 1 is 1.35 bits per heavy atom. The molecular weight excluding hydrogens is 463 g/mol. The van der Waals surface area contributed by atoms with E-state index >= 15 is 0 Å². The first-order valence-corrected chi connectivity index (χ1v) is 11.3. The van der Waals surface area contributed by atoms with Gasteiger partial charge in [0.15, 0.2) is 16.2 Å². The largest absolute Gasteiger partial charge is 0.337 e. The lowest BCUT2D eigenvalue weighted by Crippen LogP contribution is -2.27. The zero-order valence-electron chi connectivity index (χ0n) is 16.1. The van der Waals surface area contributed by atoms with Crippen LogP contribution < -0.4 is 10.2 Å². The second-order valence-electron chi connectivity index (χ2n) is 6.35. The van der Waals surface area contributed by atoms with Crippen LogP contribution in [0.25, 0.3) is 0 Å². The van der Waals surface area contributed by atoms with Crippen LogP contribution in [0.4, 0.5) is 15.2 Å². The molecule has 1 atom stereocenters. The van der Waals surface area contributed by atoms with Gasteiger partial charge in [-0.2, -0.15) is 5.26 Å². The number of nitrogens with zero attached hydrogens (tertiary/aromatic N) is 3. The lowest BCUT2D eigenvalue weighted by atomic mass is 10.1. The monoisotopic (exact) mass is 478 g/mol. The molecule has 31 heavy (non-hydrogen) atoms. The van der Waals surface area contributed by atoms with Gasteiger partial charge in [-0.25, -0.2) is 13.6 Å². The summed E-state index contributed by atoms with van der Waals surface area (Å²) in [7, 11) is 0. The molecule has 7 nitrogen and oxygen atoms in total. The summed E-state index contributed by atoms with van der Waals surface area (Å²) in [4.78, 5) is 19.2. The molecule has 1 unspecified atom stereocenters. The van der Waals surface area contributed by atoms with Gasteiger partial charge >= 0.3 is 0 Å². The van der Waals surface area contributed by atoms with Crippen LogP contribution in [0.1, 0.15) is 26.5 Å². The molecule has 0 aliphatic rings. The van der Waals surface area contributed by atoms with Crippen LogP contribution in [0, 0.1) is 24.1 Å². The molecule has 0 radical (unpaired) electrons. The van der Waals surface area contributed by atoms with Gasteiger partial charge in [0.25, 0.3) is 5.91 Å². The van der Waals surface area contributed by atoms with E-state index in [1.165, 1.54) is 23.5 Å². The molecule has 0 saturated heterocycles. The van der Waals surface area contributed by atoms with Crippen molar-refractivity contribution in [2.24, 2.45) is 0 Å². The smallest absolute Gasteiger partial charge is 0.271 e. The van der Waals surface area contributed by atoms with Crippen LogP contribution in [-0.2, 0) is 17.6 Å². The van der Waals surface area contributed by atoms with Crippen LogP contribution >= 0.6 is 22.9 Å². The maximum atomic E-state index is 13.5. The lowest BCUT2D eigenvalue weighted by molar-refractivity contribution is 0.0955. The third-order valence-electron chi connectivity index (χ3n) is 4.24. The van der Waals surface area contributed by atoms with Crippen molar-refractivity contribution in [1.82, 2.24) is 10.3 Å². The van der Waals surface area contributed by atoms with Crippen LogP contribution in [0.3, 0.4) is 0 Å². The minimum Gasteiger partial charge on any atom is -0.337 e. The first kappa shape index (κ1) is 22.8. The number of carbonyl (C=O) groups is 1. The molecule has 0 fully saturated rings. The fourth-order valence-corrected chi connectivity index (χ4v) is 4.13. The predicted octanol–water partition coefficient (Wildman–Crippen LogP) is 4.36. The van der Waals surface area contributed by atoms with Crippen molar-refractivity contribution in [2.75, 3.05) is 10.8 Å². The zero-order valence-corrected chi connectivity index (χ0v) is 18.5. The Morgan fingerprint density at radius 2 is 2.06 bits per heavy atom. The van der Waals surface area contributed by atoms with Gasteiger partial charge < -0.3 is 14.8 Å². The molecule has 11 heteroatoms. The van der Waals surface area contributed by atoms with Crippen LogP contribution in [0.15, 0.2) is 42.5 Å². The molecule has 0 aliphatic heterocycles. The number of carbonyl (C=O) groups excluding carboxylic acids is 1. The Bertz CT molecular complexity index is 1180. The Labute approximate surface area is 189 Å². The predicted molar refractivity (Wildman–Crippen MR) is 118 cm³/mol. The average Bonchev–Trinajstić information content (AvgIpc) is 3.13. The Kier molecular flexibility index (Phi) is 7.35. The van der Waals surface area contributed by atoms with Gasteiger partial charge in [0.05, 0.1) is 18.2 Å². The summed E-state index contributed by atoms with van der Waals surface area (Å²) in [5.41, 5.74) is 1.95. The fraction of sp³-hybridized carbons (Fsp3) is 0.150. The number of rotatable bonds is 7. The molecular formula is C20H16ClFN4O3S2. The van der Waals surface area contributed by atoms with E-state index in [4.69, 9.17) is 21.4 Å². The van der Waals surface area contributed by atoms with E-state index in [-0.39, 0.29) is 17.3 Å². The summed E-state index contributed by atoms with van der Waals surface area (Å²) >= 11 is 5.29. The van der Waals surface area contributed by atoms with E-state index < -0.39 is 28.7 Å². The SMILES string of the molecule is Cc1sc(N(Cc2ccc(F)cc2Cl)c2ccc(C#N)cc2)nc1C(=O)NCS(=O)O. The number of aryl methyl sites for hydroxylation is 1. The van der Waals surface area contributed by atoms with Crippen LogP contribution in [0.2, 0.25) is 5.02 Å². The highest BCUT2D eigenvalue weighted by atomic mass is 35.5. The van der Waals surface area contributed by atoms with Crippen molar-refractivity contribution in [3.8, 4) is 6.07 Å². The molecule has 1 amide bonds. The van der Waals surface area contributed by atoms with E-state index in [9.17, 15) is 13.4 Å². The summed E-state index contributed by atoms with van der Waals surface area (Å²) in [6.07, 6.45) is 0. The van der Waals surface area contributed by atoms with Crippen molar-refractivity contribution in [1.29, 1.82) is 5.26 Å². The number of benzene rings is 2. The maximum absolute atomic E-state index is 13.5. The summed E-state index contributed by atoms with van der Waals surface area (Å²) in [6.45, 7) is 1.95. The van der Waals surface area contributed by atoms with Gasteiger partial charge in [-0.05, 0) is 48.9 Å². The highest BCUT2D eigenvalue weighted by Crippen LogP contribution is 2.34. The van der Waals surface area contributed by atoms with Crippen molar-refractivity contribution in [3.63, 3.8) is 0 Å². The second-order valence-corrected chi connectivity index (χ2v) is 8.87. The van der Waals surface area contributed by atoms with Crippen molar-refractivity contribution < 1.29 is 17.9 Å². The Balaban J connectivity index is 1.99. The Hall–Kier alpha value is -2.84. The van der Waals surface area contributed by atoms with Gasteiger partial charge in [-0.3, -0.25) is 4.79 Å². The van der Waals surface area contributed by atoms with Crippen molar-refractivity contribution in [3.05, 3.63) is 75.0 Å². The molecule has 160 valence electrons. The van der Waals surface area contributed by atoms with E-state index in [1.807, 2.05) is 0 Å². The quantitative estimate of drug-likeness (QED) is 0.488. The normalized spacial score (nSPS) is 11.6. The minimum absolute atomic E-state index is 0.134. The standard InChI is InChI=1S/C20H16ClFN4O3S2/c1-12-18(19(27)24-11-31(28)29)25-20(30-12)26(16-6-2-13(9-23)3-7-16)10-14-4-5-15(22)8-17(14)21/h2-8H,10-11H2,1H3,(H,24,27)(H,28,29). The number of anilines is 2. The molecule has 0 spiro atoms. The average molecular weight is 479 g/mol. The lowest BCUT2D eigenvalue weighted by Gasteiger charge is -2.23. The van der Waals surface area contributed by atoms with Gasteiger partial charge in [0.1, 0.15) is 17.4 Å². The second kappa shape index (κ2) is 9.98. The number of hydrogen-bond donors (Lipinski definition) is 2. The van der Waals surface area contributed by atoms with Crippen LogP contribution in [0.5, 0.6) is 0 Å². The van der Waals surface area contributed by atoms with Crippen molar-refractivity contribution in [2.45, 2.75) is 13.5 Å². The number of aromatic nitrogens is 1. The number of hydrogen-bond acceptors (Lipinski definition) is 6. The molecule has 0 bridgehead atoms. The topological polar surface area (TPSA) is 106 Å². The third-order valence-corrected chi connectivity index (χ3v) is 5.98. The number of halogens is 2. The summed E-state index contributed by atoms with van der Waals surface area (Å²) in [5.74, 6) is -1.43. The van der Waals surface area contributed by atoms with Gasteiger partial charge in [0.2, 0.25) is 0 Å². The molecule has 1 aromatic heterocycles. The van der Waals surface area contributed by atoms with Crippen molar-refractivity contribution >= 4 is 50.7 Å². The molecule has 1 heterocycles. The maximum Gasteiger partial charge on any atom is 0.271 e. The first-order chi connectivity index (χ1) is 14.8. The molecule has 0 saturated carbocycles. The molecule has 2 aromatic carbocycles. The van der Waals surface area contributed by atoms with E-state index in [1.54, 1.807) is 42.2 Å². The van der Waals surface area contributed by atoms with Gasteiger partial charge in [-0.15, -0.1) is 11.3 Å². The first-order valence-electron chi connectivity index (χ1n) is 8.83. The number of nitrogens with one attached hydrogen (secondary N) is 1. The third kappa shape index (κ3) is 5.65. The van der Waals surface area contributed by atoms with Gasteiger partial charge in [-0.1, -0.05) is 17.7 Å². The molecule has 2 N–H and O–H groups in total. The number of thiazole rings is 1. The number of nitriles is 1. The zero-order chi connectivity index (χ0) is 22.5. The molecule has 0 aliphatic carbocycles. The summed E-state index contributed by atoms with van der Waals surface area (Å²) in [5, 5.41) is 12.1. The summed E-state index contributed by atoms with van der Waals surface area (Å²) in [6, 6.07) is 12.9. The van der Waals surface area contributed by atoms with Crippen LogP contribution in [-0.4, -0.2) is 25.5 Å². The van der Waals surface area contributed by atoms with E-state index in [0.29, 0.717) is 26.8 Å². The van der Waals surface area contributed by atoms with E-state index in [2.05, 4.69) is 16.4 Å². The minimum atomic E-state index is -2.17. The molecule has 3 rings (SSSR count). The summed E-state index contributed by atoms with van der Waals surface area (Å²) < 4.78 is 33.2. The molecule has 3 aromatic rings. The van der Waals surface area contributed by atoms with Gasteiger partial charge in [0, 0.05) is 15.6 Å².